The Kier molecular flexibility index (Phi) is 9.07. The summed E-state index contributed by atoms with van der Waals surface area (Å²) in [7, 11) is 0. The Labute approximate surface area is 198 Å². The highest BCUT2D eigenvalue weighted by Crippen LogP contribution is 2.29. The third kappa shape index (κ3) is 7.51. The van der Waals surface area contributed by atoms with E-state index in [2.05, 4.69) is 20.1 Å². The van der Waals surface area contributed by atoms with Crippen LogP contribution in [0.15, 0.2) is 36.7 Å². The lowest BCUT2D eigenvalue weighted by Crippen LogP contribution is -2.25. The van der Waals surface area contributed by atoms with Crippen molar-refractivity contribution in [1.82, 2.24) is 20.1 Å². The van der Waals surface area contributed by atoms with Crippen LogP contribution < -0.4 is 21.5 Å². The summed E-state index contributed by atoms with van der Waals surface area (Å²) in [4.78, 5) is 24.8. The number of rotatable bonds is 7. The Bertz CT molecular complexity index is 1220. The number of nitrogens with zero attached hydrogens (tertiary/aromatic N) is 3. The fourth-order valence-corrected chi connectivity index (χ4v) is 2.74. The lowest BCUT2D eigenvalue weighted by Gasteiger charge is -2.12. The number of aromatic nitrogens is 3. The minimum atomic E-state index is -4.58. The standard InChI is InChI=1S/C19H16F6N6O2.CH2O2/c20-14-3-11(33-8-19(23,24)25)2-1-9(14)5-28-17(32)13-4-12(15(26)30-16(13)27)10-6-29-31(7-10)18(21)22;2-1-3/h1-4,6-7,18H,5,8H2,(H,28,32)(H4,26,27,30);1H,(H,2,3). The Hall–Kier alpha value is -4.50. The molecular formula is C20H18F6N6O4. The van der Waals surface area contributed by atoms with Gasteiger partial charge in [-0.2, -0.15) is 27.1 Å². The third-order valence-corrected chi connectivity index (χ3v) is 4.31. The molecular weight excluding hydrogens is 502 g/mol. The van der Waals surface area contributed by atoms with Crippen molar-refractivity contribution in [3.63, 3.8) is 0 Å². The van der Waals surface area contributed by atoms with Crippen LogP contribution >= 0.6 is 0 Å². The number of nitrogen functional groups attached to an aromatic ring is 2. The molecule has 194 valence electrons. The van der Waals surface area contributed by atoms with Crippen LogP contribution in [0.25, 0.3) is 11.1 Å². The number of ether oxygens (including phenoxy) is 1. The summed E-state index contributed by atoms with van der Waals surface area (Å²) in [5, 5.41) is 12.8. The fraction of sp³-hybridized carbons (Fsp3) is 0.200. The van der Waals surface area contributed by atoms with Gasteiger partial charge in [-0.25, -0.2) is 14.1 Å². The Morgan fingerprint density at radius 3 is 2.44 bits per heavy atom. The van der Waals surface area contributed by atoms with Gasteiger partial charge in [0.15, 0.2) is 6.61 Å². The molecule has 0 aliphatic carbocycles. The lowest BCUT2D eigenvalue weighted by molar-refractivity contribution is -0.153. The molecule has 1 aromatic carbocycles. The molecule has 0 fully saturated rings. The van der Waals surface area contributed by atoms with Crippen molar-refractivity contribution in [3.05, 3.63) is 53.6 Å². The number of nitrogens with two attached hydrogens (primary N) is 2. The van der Waals surface area contributed by atoms with Crippen molar-refractivity contribution in [2.45, 2.75) is 19.3 Å². The molecule has 0 saturated carbocycles. The molecule has 2 aromatic heterocycles. The fourth-order valence-electron chi connectivity index (χ4n) is 2.74. The molecule has 0 spiro atoms. The Morgan fingerprint density at radius 1 is 1.22 bits per heavy atom. The molecule has 0 aliphatic rings. The molecule has 0 aliphatic heterocycles. The number of carbonyl (C=O) groups excluding carboxylic acids is 1. The summed E-state index contributed by atoms with van der Waals surface area (Å²) < 4.78 is 81.1. The summed E-state index contributed by atoms with van der Waals surface area (Å²) >= 11 is 0. The number of benzene rings is 1. The van der Waals surface area contributed by atoms with E-state index in [1.54, 1.807) is 0 Å². The van der Waals surface area contributed by atoms with E-state index in [0.29, 0.717) is 4.68 Å². The molecule has 0 unspecified atom stereocenters. The van der Waals surface area contributed by atoms with E-state index in [-0.39, 0.29) is 52.7 Å². The predicted molar refractivity (Wildman–Crippen MR) is 113 cm³/mol. The summed E-state index contributed by atoms with van der Waals surface area (Å²) in [6.45, 7) is -5.05. The zero-order valence-corrected chi connectivity index (χ0v) is 18.0. The highest BCUT2D eigenvalue weighted by Gasteiger charge is 2.28. The van der Waals surface area contributed by atoms with Crippen molar-refractivity contribution >= 4 is 24.0 Å². The largest absolute Gasteiger partial charge is 0.484 e. The van der Waals surface area contributed by atoms with Crippen molar-refractivity contribution in [1.29, 1.82) is 0 Å². The van der Waals surface area contributed by atoms with E-state index in [0.717, 1.165) is 30.6 Å². The highest BCUT2D eigenvalue weighted by molar-refractivity contribution is 6.00. The van der Waals surface area contributed by atoms with Gasteiger partial charge in [0.25, 0.3) is 12.4 Å². The van der Waals surface area contributed by atoms with Crippen LogP contribution in [0.4, 0.5) is 38.0 Å². The van der Waals surface area contributed by atoms with Gasteiger partial charge in [-0.1, -0.05) is 6.07 Å². The number of amides is 1. The van der Waals surface area contributed by atoms with Gasteiger partial charge in [0.2, 0.25) is 0 Å². The Morgan fingerprint density at radius 2 is 1.89 bits per heavy atom. The van der Waals surface area contributed by atoms with E-state index < -0.39 is 31.1 Å². The first kappa shape index (κ1) is 27.7. The second-order valence-corrected chi connectivity index (χ2v) is 6.79. The van der Waals surface area contributed by atoms with Gasteiger partial charge >= 0.3 is 12.7 Å². The number of pyridine rings is 1. The minimum Gasteiger partial charge on any atom is -0.484 e. The quantitative estimate of drug-likeness (QED) is 0.273. The zero-order chi connectivity index (χ0) is 27.0. The summed E-state index contributed by atoms with van der Waals surface area (Å²) in [5.74, 6) is -2.40. The zero-order valence-electron chi connectivity index (χ0n) is 18.0. The number of carbonyl (C=O) groups is 2. The number of hydrogen-bond acceptors (Lipinski definition) is 7. The second-order valence-electron chi connectivity index (χ2n) is 6.79. The van der Waals surface area contributed by atoms with E-state index in [1.165, 1.54) is 6.07 Å². The molecule has 3 rings (SSSR count). The SMILES string of the molecule is Nc1nc(N)c(-c2cnn(C(F)F)c2)cc1C(=O)NCc1ccc(OCC(F)(F)F)cc1F.O=CO. The van der Waals surface area contributed by atoms with Crippen LogP contribution in [-0.4, -0.2) is 45.0 Å². The van der Waals surface area contributed by atoms with E-state index in [4.69, 9.17) is 21.4 Å². The maximum Gasteiger partial charge on any atom is 0.422 e. The van der Waals surface area contributed by atoms with Crippen LogP contribution in [0.3, 0.4) is 0 Å². The molecule has 0 saturated heterocycles. The van der Waals surface area contributed by atoms with Crippen molar-refractivity contribution in [2.75, 3.05) is 18.1 Å². The van der Waals surface area contributed by atoms with Crippen LogP contribution in [0, 0.1) is 5.82 Å². The van der Waals surface area contributed by atoms with Crippen molar-refractivity contribution < 1.29 is 45.8 Å². The van der Waals surface area contributed by atoms with Gasteiger partial charge in [-0.05, 0) is 12.1 Å². The maximum absolute atomic E-state index is 14.2. The first-order valence-electron chi connectivity index (χ1n) is 9.59. The van der Waals surface area contributed by atoms with Gasteiger partial charge in [0, 0.05) is 35.5 Å². The van der Waals surface area contributed by atoms with Crippen LogP contribution in [0.1, 0.15) is 22.5 Å². The number of carboxylic acid groups (broad SMARTS) is 1. The van der Waals surface area contributed by atoms with Gasteiger partial charge < -0.3 is 26.6 Å². The highest BCUT2D eigenvalue weighted by atomic mass is 19.4. The monoisotopic (exact) mass is 520 g/mol. The first-order valence-corrected chi connectivity index (χ1v) is 9.59. The van der Waals surface area contributed by atoms with Crippen molar-refractivity contribution in [2.24, 2.45) is 0 Å². The minimum absolute atomic E-state index is 0.0388. The average molecular weight is 520 g/mol. The van der Waals surface area contributed by atoms with Crippen molar-refractivity contribution in [3.8, 4) is 16.9 Å². The number of nitrogens with one attached hydrogen (secondary N) is 1. The number of halogens is 6. The number of anilines is 2. The molecule has 0 radical (unpaired) electrons. The Balaban J connectivity index is 0.00000145. The van der Waals surface area contributed by atoms with E-state index in [9.17, 15) is 31.1 Å². The topological polar surface area (TPSA) is 158 Å². The summed E-state index contributed by atoms with van der Waals surface area (Å²) in [5.41, 5.74) is 11.6. The lowest BCUT2D eigenvalue weighted by atomic mass is 10.1. The normalized spacial score (nSPS) is 11.0. The van der Waals surface area contributed by atoms with Crippen LogP contribution in [0.5, 0.6) is 5.75 Å². The molecule has 0 bridgehead atoms. The van der Waals surface area contributed by atoms with Crippen LogP contribution in [-0.2, 0) is 11.3 Å². The third-order valence-electron chi connectivity index (χ3n) is 4.31. The predicted octanol–water partition coefficient (Wildman–Crippen LogP) is 3.22. The van der Waals surface area contributed by atoms with Gasteiger partial charge in [-0.15, -0.1) is 0 Å². The summed E-state index contributed by atoms with van der Waals surface area (Å²) in [6, 6.07) is 4.25. The number of alkyl halides is 5. The first-order chi connectivity index (χ1) is 16.9. The molecule has 3 aromatic rings. The molecule has 1 amide bonds. The van der Waals surface area contributed by atoms with E-state index >= 15 is 0 Å². The van der Waals surface area contributed by atoms with Crippen LogP contribution in [0.2, 0.25) is 0 Å². The average Bonchev–Trinajstić information content (AvgIpc) is 3.27. The molecule has 36 heavy (non-hydrogen) atoms. The molecule has 16 heteroatoms. The smallest absolute Gasteiger partial charge is 0.422 e. The van der Waals surface area contributed by atoms with Gasteiger partial charge in [0.05, 0.1) is 11.8 Å². The summed E-state index contributed by atoms with van der Waals surface area (Å²) in [6.07, 6.45) is -2.46. The molecule has 10 nitrogen and oxygen atoms in total. The molecule has 0 atom stereocenters. The number of hydrogen-bond donors (Lipinski definition) is 4. The van der Waals surface area contributed by atoms with Gasteiger partial charge in [0.1, 0.15) is 23.2 Å². The van der Waals surface area contributed by atoms with Gasteiger partial charge in [-0.3, -0.25) is 9.59 Å². The maximum atomic E-state index is 14.2. The molecule has 2 heterocycles. The second kappa shape index (κ2) is 11.8. The van der Waals surface area contributed by atoms with E-state index in [1.807, 2.05) is 0 Å². The molecule has 6 N–H and O–H groups in total.